The number of nitrogens with one attached hydrogen (secondary N) is 2. The van der Waals surface area contributed by atoms with Crippen LogP contribution in [-0.4, -0.2) is 41.2 Å². The predicted molar refractivity (Wildman–Crippen MR) is 102 cm³/mol. The van der Waals surface area contributed by atoms with E-state index in [0.717, 1.165) is 11.1 Å². The summed E-state index contributed by atoms with van der Waals surface area (Å²) in [6.45, 7) is 2.65. The van der Waals surface area contributed by atoms with Gasteiger partial charge < -0.3 is 14.8 Å². The van der Waals surface area contributed by atoms with Crippen LogP contribution in [0.2, 0.25) is 0 Å². The van der Waals surface area contributed by atoms with E-state index in [1.165, 1.54) is 19.2 Å². The fourth-order valence-electron chi connectivity index (χ4n) is 2.25. The predicted octanol–water partition coefficient (Wildman–Crippen LogP) is 1.61. The van der Waals surface area contributed by atoms with Gasteiger partial charge in [-0.05, 0) is 42.3 Å². The van der Waals surface area contributed by atoms with Crippen molar-refractivity contribution in [3.8, 4) is 5.75 Å². The Labute approximate surface area is 159 Å². The quantitative estimate of drug-likeness (QED) is 0.599. The fraction of sp³-hybridized carbons (Fsp3) is 0.316. The molecule has 27 heavy (non-hydrogen) atoms. The maximum atomic E-state index is 12.1. The molecule has 0 saturated heterocycles. The van der Waals surface area contributed by atoms with Crippen LogP contribution in [0.4, 0.5) is 0 Å². The zero-order chi connectivity index (χ0) is 19.7. The second-order valence-corrected chi connectivity index (χ2v) is 7.68. The Balaban J connectivity index is 1.81. The number of rotatable bonds is 10. The normalized spacial score (nSPS) is 11.2. The summed E-state index contributed by atoms with van der Waals surface area (Å²) < 4.78 is 36.9. The van der Waals surface area contributed by atoms with Gasteiger partial charge in [-0.3, -0.25) is 4.79 Å². The Morgan fingerprint density at radius 1 is 1.11 bits per heavy atom. The summed E-state index contributed by atoms with van der Waals surface area (Å²) in [5.74, 6) is 0.384. The molecule has 0 atom stereocenters. The molecule has 0 heterocycles. The van der Waals surface area contributed by atoms with Gasteiger partial charge in [-0.15, -0.1) is 0 Å². The molecule has 0 saturated carbocycles. The molecule has 2 aromatic rings. The van der Waals surface area contributed by atoms with Gasteiger partial charge in [-0.1, -0.05) is 24.3 Å². The van der Waals surface area contributed by atoms with Crippen LogP contribution in [0.1, 0.15) is 11.1 Å². The largest absolute Gasteiger partial charge is 0.484 e. The van der Waals surface area contributed by atoms with Gasteiger partial charge >= 0.3 is 0 Å². The summed E-state index contributed by atoms with van der Waals surface area (Å²) in [6.07, 6.45) is 0. The van der Waals surface area contributed by atoms with Gasteiger partial charge in [0, 0.05) is 20.2 Å². The number of hydrogen-bond acceptors (Lipinski definition) is 5. The zero-order valence-corrected chi connectivity index (χ0v) is 16.2. The monoisotopic (exact) mass is 392 g/mol. The number of hydrogen-bond donors (Lipinski definition) is 2. The van der Waals surface area contributed by atoms with Crippen LogP contribution in [0.25, 0.3) is 0 Å². The number of benzene rings is 2. The number of carbonyl (C=O) groups excluding carboxylic acids is 1. The first-order chi connectivity index (χ1) is 12.9. The number of sulfonamides is 1. The first-order valence-corrected chi connectivity index (χ1v) is 9.93. The van der Waals surface area contributed by atoms with Crippen molar-refractivity contribution in [1.29, 1.82) is 0 Å². The molecule has 0 aliphatic carbocycles. The lowest BCUT2D eigenvalue weighted by molar-refractivity contribution is -0.123. The van der Waals surface area contributed by atoms with Crippen LogP contribution in [-0.2, 0) is 26.1 Å². The SMILES string of the molecule is COCCNS(=O)(=O)c1ccc(CNC(=O)COc2cccc(C)c2)cc1. The summed E-state index contributed by atoms with van der Waals surface area (Å²) in [5.41, 5.74) is 1.84. The van der Waals surface area contributed by atoms with Crippen LogP contribution in [0.15, 0.2) is 53.4 Å². The van der Waals surface area contributed by atoms with Crippen molar-refractivity contribution in [3.63, 3.8) is 0 Å². The van der Waals surface area contributed by atoms with Crippen molar-refractivity contribution >= 4 is 15.9 Å². The van der Waals surface area contributed by atoms with E-state index >= 15 is 0 Å². The number of carbonyl (C=O) groups is 1. The highest BCUT2D eigenvalue weighted by Gasteiger charge is 2.13. The Kier molecular flexibility index (Phi) is 7.78. The molecular formula is C19H24N2O5S. The molecular weight excluding hydrogens is 368 g/mol. The Morgan fingerprint density at radius 3 is 2.52 bits per heavy atom. The van der Waals surface area contributed by atoms with Gasteiger partial charge in [0.15, 0.2) is 6.61 Å². The Bertz CT molecular complexity index is 851. The molecule has 0 aliphatic rings. The molecule has 1 amide bonds. The number of amides is 1. The standard InChI is InChI=1S/C19H24N2O5S/c1-15-4-3-5-17(12-15)26-14-19(22)20-13-16-6-8-18(9-7-16)27(23,24)21-10-11-25-2/h3-9,12,21H,10-11,13-14H2,1-2H3,(H,20,22). The van der Waals surface area contributed by atoms with E-state index < -0.39 is 10.0 Å². The van der Waals surface area contributed by atoms with Gasteiger partial charge in [-0.2, -0.15) is 0 Å². The Hall–Kier alpha value is -2.42. The number of ether oxygens (including phenoxy) is 2. The van der Waals surface area contributed by atoms with Crippen LogP contribution in [0, 0.1) is 6.92 Å². The summed E-state index contributed by atoms with van der Waals surface area (Å²) in [4.78, 5) is 12.1. The van der Waals surface area contributed by atoms with Crippen molar-refractivity contribution in [2.45, 2.75) is 18.4 Å². The van der Waals surface area contributed by atoms with E-state index in [1.54, 1.807) is 18.2 Å². The van der Waals surface area contributed by atoms with E-state index in [0.29, 0.717) is 12.4 Å². The van der Waals surface area contributed by atoms with Gasteiger partial charge in [0.05, 0.1) is 11.5 Å². The third-order valence-electron chi connectivity index (χ3n) is 3.68. The molecule has 0 unspecified atom stereocenters. The lowest BCUT2D eigenvalue weighted by atomic mass is 10.2. The summed E-state index contributed by atoms with van der Waals surface area (Å²) in [7, 11) is -2.06. The highest BCUT2D eigenvalue weighted by molar-refractivity contribution is 7.89. The van der Waals surface area contributed by atoms with Crippen LogP contribution >= 0.6 is 0 Å². The molecule has 0 aromatic heterocycles. The molecule has 0 radical (unpaired) electrons. The van der Waals surface area contributed by atoms with E-state index in [-0.39, 0.29) is 30.5 Å². The minimum absolute atomic E-state index is 0.0840. The van der Waals surface area contributed by atoms with Crippen molar-refractivity contribution < 1.29 is 22.7 Å². The smallest absolute Gasteiger partial charge is 0.258 e. The van der Waals surface area contributed by atoms with Crippen molar-refractivity contribution in [1.82, 2.24) is 10.0 Å². The molecule has 146 valence electrons. The molecule has 2 rings (SSSR count). The van der Waals surface area contributed by atoms with Crippen LogP contribution < -0.4 is 14.8 Å². The van der Waals surface area contributed by atoms with Crippen molar-refractivity contribution in [2.75, 3.05) is 26.9 Å². The lowest BCUT2D eigenvalue weighted by Gasteiger charge is -2.09. The first kappa shape index (κ1) is 20.9. The highest BCUT2D eigenvalue weighted by atomic mass is 32.2. The average molecular weight is 392 g/mol. The van der Waals surface area contributed by atoms with E-state index in [9.17, 15) is 13.2 Å². The molecule has 2 N–H and O–H groups in total. The number of methoxy groups -OCH3 is 1. The fourth-order valence-corrected chi connectivity index (χ4v) is 3.27. The topological polar surface area (TPSA) is 93.7 Å². The van der Waals surface area contributed by atoms with Crippen LogP contribution in [0.5, 0.6) is 5.75 Å². The highest BCUT2D eigenvalue weighted by Crippen LogP contribution is 2.12. The zero-order valence-electron chi connectivity index (χ0n) is 15.4. The van der Waals surface area contributed by atoms with Gasteiger partial charge in [0.25, 0.3) is 5.91 Å². The molecule has 0 aliphatic heterocycles. The average Bonchev–Trinajstić information content (AvgIpc) is 2.65. The molecule has 7 nitrogen and oxygen atoms in total. The van der Waals surface area contributed by atoms with Crippen LogP contribution in [0.3, 0.4) is 0 Å². The Morgan fingerprint density at radius 2 is 1.85 bits per heavy atom. The van der Waals surface area contributed by atoms with E-state index in [2.05, 4.69) is 10.0 Å². The van der Waals surface area contributed by atoms with Gasteiger partial charge in [0.1, 0.15) is 5.75 Å². The molecule has 0 bridgehead atoms. The van der Waals surface area contributed by atoms with Gasteiger partial charge in [-0.25, -0.2) is 13.1 Å². The third-order valence-corrected chi connectivity index (χ3v) is 5.16. The van der Waals surface area contributed by atoms with Crippen molar-refractivity contribution in [3.05, 3.63) is 59.7 Å². The summed E-state index contributed by atoms with van der Waals surface area (Å²) in [6, 6.07) is 13.8. The number of aryl methyl sites for hydroxylation is 1. The molecule has 8 heteroatoms. The van der Waals surface area contributed by atoms with E-state index in [1.807, 2.05) is 25.1 Å². The van der Waals surface area contributed by atoms with Gasteiger partial charge in [0.2, 0.25) is 10.0 Å². The second kappa shape index (κ2) is 10.1. The molecule has 0 fully saturated rings. The second-order valence-electron chi connectivity index (χ2n) is 5.92. The first-order valence-electron chi connectivity index (χ1n) is 8.44. The minimum atomic E-state index is -3.56. The molecule has 0 spiro atoms. The maximum Gasteiger partial charge on any atom is 0.258 e. The lowest BCUT2D eigenvalue weighted by Crippen LogP contribution is -2.28. The summed E-state index contributed by atoms with van der Waals surface area (Å²) >= 11 is 0. The molecule has 2 aromatic carbocycles. The minimum Gasteiger partial charge on any atom is -0.484 e. The van der Waals surface area contributed by atoms with Crippen molar-refractivity contribution in [2.24, 2.45) is 0 Å². The van der Waals surface area contributed by atoms with E-state index in [4.69, 9.17) is 9.47 Å². The summed E-state index contributed by atoms with van der Waals surface area (Å²) in [5, 5.41) is 2.74. The maximum absolute atomic E-state index is 12.1. The third kappa shape index (κ3) is 7.01.